The van der Waals surface area contributed by atoms with Crippen LogP contribution in [0, 0.1) is 12.8 Å². The van der Waals surface area contributed by atoms with Crippen LogP contribution >= 0.6 is 11.8 Å². The minimum atomic E-state index is -0.0592. The summed E-state index contributed by atoms with van der Waals surface area (Å²) in [5.74, 6) is 1.32. The van der Waals surface area contributed by atoms with Crippen molar-refractivity contribution in [2.24, 2.45) is 5.92 Å². The molecule has 2 aliphatic heterocycles. The molecule has 0 spiro atoms. The van der Waals surface area contributed by atoms with E-state index in [0.29, 0.717) is 30.0 Å². The second-order valence-electron chi connectivity index (χ2n) is 7.79. The summed E-state index contributed by atoms with van der Waals surface area (Å²) in [4.78, 5) is 28.1. The highest BCUT2D eigenvalue weighted by Gasteiger charge is 2.25. The van der Waals surface area contributed by atoms with E-state index in [1.54, 1.807) is 11.8 Å². The van der Waals surface area contributed by atoms with Crippen molar-refractivity contribution in [3.05, 3.63) is 64.7 Å². The van der Waals surface area contributed by atoms with E-state index in [1.165, 1.54) is 11.1 Å². The monoisotopic (exact) mass is 394 g/mol. The van der Waals surface area contributed by atoms with Crippen LogP contribution in [0.5, 0.6) is 0 Å². The molecule has 2 aliphatic rings. The maximum atomic E-state index is 12.7. The average molecular weight is 395 g/mol. The van der Waals surface area contributed by atoms with Gasteiger partial charge in [0.15, 0.2) is 5.78 Å². The molecule has 0 aliphatic carbocycles. The van der Waals surface area contributed by atoms with Gasteiger partial charge >= 0.3 is 0 Å². The predicted molar refractivity (Wildman–Crippen MR) is 113 cm³/mol. The zero-order chi connectivity index (χ0) is 19.5. The molecule has 1 fully saturated rings. The molecule has 146 valence electrons. The van der Waals surface area contributed by atoms with Gasteiger partial charge in [-0.1, -0.05) is 42.0 Å². The molecule has 28 heavy (non-hydrogen) atoms. The molecule has 0 saturated carbocycles. The predicted octanol–water partition coefficient (Wildman–Crippen LogP) is 3.93. The number of aryl methyl sites for hydroxylation is 1. The molecule has 4 nitrogen and oxygen atoms in total. The van der Waals surface area contributed by atoms with Crippen molar-refractivity contribution in [2.45, 2.75) is 31.2 Å². The summed E-state index contributed by atoms with van der Waals surface area (Å²) in [7, 11) is 0. The summed E-state index contributed by atoms with van der Waals surface area (Å²) in [6, 6.07) is 14.2. The van der Waals surface area contributed by atoms with E-state index in [2.05, 4.69) is 41.4 Å². The summed E-state index contributed by atoms with van der Waals surface area (Å²) in [5.41, 5.74) is 3.97. The van der Waals surface area contributed by atoms with Gasteiger partial charge in [-0.05, 0) is 37.4 Å². The van der Waals surface area contributed by atoms with Gasteiger partial charge in [0, 0.05) is 42.3 Å². The Hall–Kier alpha value is -2.11. The maximum absolute atomic E-state index is 12.7. The Morgan fingerprint density at radius 3 is 2.86 bits per heavy atom. The van der Waals surface area contributed by atoms with Gasteiger partial charge in [-0.15, -0.1) is 11.8 Å². The Balaban J connectivity index is 1.32. The molecule has 0 bridgehead atoms. The molecule has 2 heterocycles. The minimum absolute atomic E-state index is 0.0592. The molecule has 1 atom stereocenters. The minimum Gasteiger partial charge on any atom is -0.352 e. The fraction of sp³-hybridized carbons (Fsp3) is 0.391. The lowest BCUT2D eigenvalue weighted by molar-refractivity contribution is 0.0944. The van der Waals surface area contributed by atoms with E-state index >= 15 is 0 Å². The van der Waals surface area contributed by atoms with E-state index in [0.717, 1.165) is 36.7 Å². The first-order valence-corrected chi connectivity index (χ1v) is 10.9. The highest BCUT2D eigenvalue weighted by atomic mass is 32.2. The molecule has 5 heteroatoms. The number of hydrogen-bond donors (Lipinski definition) is 1. The number of fused-ring (bicyclic) bond motifs is 1. The third-order valence-electron chi connectivity index (χ3n) is 5.58. The number of Topliss-reactive ketones (excluding diaryl/α,β-unsaturated/α-hetero) is 1. The van der Waals surface area contributed by atoms with E-state index < -0.39 is 0 Å². The van der Waals surface area contributed by atoms with Gasteiger partial charge in [0.2, 0.25) is 0 Å². The number of ketones is 1. The van der Waals surface area contributed by atoms with Crippen molar-refractivity contribution in [1.29, 1.82) is 0 Å². The van der Waals surface area contributed by atoms with Crippen molar-refractivity contribution in [2.75, 3.05) is 25.4 Å². The highest BCUT2D eigenvalue weighted by molar-refractivity contribution is 7.99. The van der Waals surface area contributed by atoms with Crippen LogP contribution in [0.25, 0.3) is 0 Å². The van der Waals surface area contributed by atoms with Crippen LogP contribution in [0.4, 0.5) is 0 Å². The lowest BCUT2D eigenvalue weighted by Gasteiger charge is -2.19. The molecule has 2 aromatic rings. The second kappa shape index (κ2) is 8.50. The van der Waals surface area contributed by atoms with Crippen LogP contribution in [0.15, 0.2) is 47.4 Å². The van der Waals surface area contributed by atoms with Crippen molar-refractivity contribution in [3.63, 3.8) is 0 Å². The number of likely N-dealkylation sites (tertiary alicyclic amines) is 1. The largest absolute Gasteiger partial charge is 0.352 e. The number of rotatable bonds is 5. The van der Waals surface area contributed by atoms with Gasteiger partial charge in [0.1, 0.15) is 0 Å². The van der Waals surface area contributed by atoms with E-state index in [-0.39, 0.29) is 11.7 Å². The number of carbonyl (C=O) groups excluding carboxylic acids is 2. The van der Waals surface area contributed by atoms with Gasteiger partial charge in [-0.3, -0.25) is 14.5 Å². The van der Waals surface area contributed by atoms with Crippen LogP contribution in [0.1, 0.15) is 44.7 Å². The van der Waals surface area contributed by atoms with Gasteiger partial charge in [0.05, 0.1) is 5.56 Å². The van der Waals surface area contributed by atoms with Gasteiger partial charge in [0.25, 0.3) is 5.91 Å². The van der Waals surface area contributed by atoms with Crippen LogP contribution in [-0.2, 0) is 6.54 Å². The zero-order valence-corrected chi connectivity index (χ0v) is 17.1. The molecule has 0 unspecified atom stereocenters. The Morgan fingerprint density at radius 2 is 2.04 bits per heavy atom. The number of nitrogens with zero attached hydrogens (tertiary/aromatic N) is 1. The lowest BCUT2D eigenvalue weighted by Crippen LogP contribution is -2.31. The molecule has 1 saturated heterocycles. The van der Waals surface area contributed by atoms with Crippen molar-refractivity contribution in [1.82, 2.24) is 10.2 Å². The summed E-state index contributed by atoms with van der Waals surface area (Å²) in [6.45, 7) is 5.84. The molecular weight excluding hydrogens is 368 g/mol. The smallest absolute Gasteiger partial charge is 0.252 e. The van der Waals surface area contributed by atoms with Gasteiger partial charge in [-0.2, -0.15) is 0 Å². The lowest BCUT2D eigenvalue weighted by atomic mass is 10.0. The quantitative estimate of drug-likeness (QED) is 0.835. The first-order chi connectivity index (χ1) is 13.6. The number of benzene rings is 2. The molecular formula is C23H26N2O2S. The van der Waals surface area contributed by atoms with Gasteiger partial charge in [-0.25, -0.2) is 0 Å². The fourth-order valence-electron chi connectivity index (χ4n) is 3.98. The third kappa shape index (κ3) is 4.31. The standard InChI is InChI=1S/C23H26N2O2S/c1-16-5-7-17(8-6-16)14-25-11-9-18(15-25)13-24-23(27)20-4-2-3-19-21(26)10-12-28-22(19)20/h2-8,18H,9-15H2,1H3,(H,24,27)/t18-/m0/s1. The molecule has 1 N–H and O–H groups in total. The Morgan fingerprint density at radius 1 is 1.21 bits per heavy atom. The summed E-state index contributed by atoms with van der Waals surface area (Å²) in [5, 5.41) is 3.11. The van der Waals surface area contributed by atoms with Crippen molar-refractivity contribution >= 4 is 23.5 Å². The topological polar surface area (TPSA) is 49.4 Å². The van der Waals surface area contributed by atoms with E-state index in [1.807, 2.05) is 18.2 Å². The summed E-state index contributed by atoms with van der Waals surface area (Å²) >= 11 is 1.62. The molecule has 4 rings (SSSR count). The van der Waals surface area contributed by atoms with Crippen LogP contribution in [0.3, 0.4) is 0 Å². The maximum Gasteiger partial charge on any atom is 0.252 e. The van der Waals surface area contributed by atoms with Crippen LogP contribution in [-0.4, -0.2) is 42.0 Å². The Kier molecular flexibility index (Phi) is 5.83. The Bertz CT molecular complexity index is 879. The van der Waals surface area contributed by atoms with E-state index in [4.69, 9.17) is 0 Å². The second-order valence-corrected chi connectivity index (χ2v) is 8.89. The highest BCUT2D eigenvalue weighted by Crippen LogP contribution is 2.33. The molecule has 0 aromatic heterocycles. The third-order valence-corrected chi connectivity index (χ3v) is 6.72. The zero-order valence-electron chi connectivity index (χ0n) is 16.2. The normalized spacial score (nSPS) is 19.5. The molecule has 0 radical (unpaired) electrons. The van der Waals surface area contributed by atoms with Crippen LogP contribution < -0.4 is 5.32 Å². The first kappa shape index (κ1) is 19.2. The van der Waals surface area contributed by atoms with Crippen molar-refractivity contribution in [3.8, 4) is 0 Å². The number of hydrogen-bond acceptors (Lipinski definition) is 4. The van der Waals surface area contributed by atoms with E-state index in [9.17, 15) is 9.59 Å². The van der Waals surface area contributed by atoms with Crippen LogP contribution in [0.2, 0.25) is 0 Å². The summed E-state index contributed by atoms with van der Waals surface area (Å²) in [6.07, 6.45) is 1.66. The molecule has 1 amide bonds. The Labute approximate surface area is 170 Å². The van der Waals surface area contributed by atoms with Gasteiger partial charge < -0.3 is 5.32 Å². The number of amides is 1. The SMILES string of the molecule is Cc1ccc(CN2CC[C@@H](CNC(=O)c3cccc4c3SCCC4=O)C2)cc1. The number of carbonyl (C=O) groups is 2. The fourth-order valence-corrected chi connectivity index (χ4v) is 5.12. The summed E-state index contributed by atoms with van der Waals surface area (Å²) < 4.78 is 0. The number of nitrogens with one attached hydrogen (secondary N) is 1. The average Bonchev–Trinajstić information content (AvgIpc) is 3.15. The first-order valence-electron chi connectivity index (χ1n) is 9.95. The van der Waals surface area contributed by atoms with Crippen molar-refractivity contribution < 1.29 is 9.59 Å². The molecule has 2 aromatic carbocycles. The number of thioether (sulfide) groups is 1.